The van der Waals surface area contributed by atoms with Gasteiger partial charge >= 0.3 is 0 Å². The first-order valence-corrected chi connectivity index (χ1v) is 15.0. The van der Waals surface area contributed by atoms with Crippen molar-refractivity contribution in [3.63, 3.8) is 0 Å². The number of rotatable bonds is 6. The fourth-order valence-electron chi connectivity index (χ4n) is 6.34. The van der Waals surface area contributed by atoms with E-state index in [0.717, 1.165) is 19.5 Å². The molecule has 1 aromatic heterocycles. The number of nitrogens with zero attached hydrogens (tertiary/aromatic N) is 4. The maximum absolute atomic E-state index is 14.6. The van der Waals surface area contributed by atoms with Crippen molar-refractivity contribution in [2.24, 2.45) is 24.8 Å². The van der Waals surface area contributed by atoms with E-state index in [1.165, 1.54) is 43.1 Å². The van der Waals surface area contributed by atoms with Crippen molar-refractivity contribution in [2.75, 3.05) is 51.7 Å². The molecule has 244 valence electrons. The van der Waals surface area contributed by atoms with Crippen LogP contribution in [0.5, 0.6) is 5.75 Å². The van der Waals surface area contributed by atoms with Crippen molar-refractivity contribution in [3.8, 4) is 17.0 Å². The first-order chi connectivity index (χ1) is 22.1. The minimum absolute atomic E-state index is 0.0396. The highest BCUT2D eigenvalue weighted by molar-refractivity contribution is 6.34. The molecule has 12 nitrogen and oxygen atoms in total. The predicted molar refractivity (Wildman–Crippen MR) is 164 cm³/mol. The summed E-state index contributed by atoms with van der Waals surface area (Å²) < 4.78 is 35.1. The Kier molecular flexibility index (Phi) is 9.87. The summed E-state index contributed by atoms with van der Waals surface area (Å²) in [5, 5.41) is 13.0. The second-order valence-electron chi connectivity index (χ2n) is 11.4. The van der Waals surface area contributed by atoms with E-state index in [1.54, 1.807) is 17.0 Å². The summed E-state index contributed by atoms with van der Waals surface area (Å²) in [7, 11) is 2.75. The summed E-state index contributed by atoms with van der Waals surface area (Å²) in [6.45, 7) is 3.81. The van der Waals surface area contributed by atoms with Crippen LogP contribution in [0.3, 0.4) is 0 Å². The summed E-state index contributed by atoms with van der Waals surface area (Å²) in [4.78, 5) is 55.4. The molecule has 3 aliphatic heterocycles. The van der Waals surface area contributed by atoms with Crippen LogP contribution in [0.4, 0.5) is 14.5 Å². The second kappa shape index (κ2) is 13.8. The minimum Gasteiger partial charge on any atom is -0.494 e. The molecule has 3 atom stereocenters. The Bertz CT molecular complexity index is 1650. The molecule has 3 saturated heterocycles. The van der Waals surface area contributed by atoms with E-state index in [0.29, 0.717) is 37.4 Å². The average molecular weight is 659 g/mol. The van der Waals surface area contributed by atoms with Crippen molar-refractivity contribution >= 4 is 41.5 Å². The number of benzene rings is 2. The Hall–Kier alpha value is -4.56. The third-order valence-electron chi connectivity index (χ3n) is 8.69. The molecule has 0 unspecified atom stereocenters. The fraction of sp³-hybridized carbons (Fsp3) is 0.387. The molecule has 0 saturated carbocycles. The molecule has 0 radical (unpaired) electrons. The molecule has 6 rings (SSSR count). The Labute approximate surface area is 268 Å². The van der Waals surface area contributed by atoms with Gasteiger partial charge in [-0.2, -0.15) is 4.39 Å². The molecule has 46 heavy (non-hydrogen) atoms. The standard InChI is InChI=1S/C30H31ClF2N6O4.CH2O2/c1-37-23(21-5-6-24(43-2)26(33)25(21)32)11-35-27(37)28(40)36-19-3-4-20(22(31)9-19)30(42)39-14-17-12-38(13-18(17)15-39)29(41)16-7-8-34-10-16;2-1-3/h3-6,9,11,16-18,34H,7-8,10,12-15H2,1-2H3,(H,36,40);1H,(H,2,3)/t16-,17-,18+;/m1./s1. The lowest BCUT2D eigenvalue weighted by Gasteiger charge is -2.24. The molecule has 4 heterocycles. The van der Waals surface area contributed by atoms with Crippen LogP contribution in [0.1, 0.15) is 27.4 Å². The number of methoxy groups -OCH3 is 1. The first kappa shape index (κ1) is 32.8. The van der Waals surface area contributed by atoms with Crippen LogP contribution in [0.2, 0.25) is 5.02 Å². The Morgan fingerprint density at radius 2 is 1.76 bits per heavy atom. The van der Waals surface area contributed by atoms with Crippen molar-refractivity contribution in [3.05, 3.63) is 64.6 Å². The Morgan fingerprint density at radius 3 is 2.37 bits per heavy atom. The number of anilines is 1. The number of likely N-dealkylation sites (tertiary alicyclic amines) is 2. The molecule has 2 aromatic carbocycles. The summed E-state index contributed by atoms with van der Waals surface area (Å²) in [6, 6.07) is 7.28. The number of carbonyl (C=O) groups is 4. The normalized spacial score (nSPS) is 20.2. The molecule has 0 aliphatic carbocycles. The quantitative estimate of drug-likeness (QED) is 0.343. The first-order valence-electron chi connectivity index (χ1n) is 14.6. The van der Waals surface area contributed by atoms with Crippen molar-refractivity contribution in [1.82, 2.24) is 24.7 Å². The number of nitrogens with one attached hydrogen (secondary N) is 2. The van der Waals surface area contributed by atoms with E-state index in [-0.39, 0.29) is 63.9 Å². The van der Waals surface area contributed by atoms with Gasteiger partial charge < -0.3 is 34.8 Å². The minimum atomic E-state index is -1.14. The Balaban J connectivity index is 0.00000134. The van der Waals surface area contributed by atoms with Crippen LogP contribution < -0.4 is 15.4 Å². The van der Waals surface area contributed by atoms with E-state index in [4.69, 9.17) is 26.2 Å². The highest BCUT2D eigenvalue weighted by Crippen LogP contribution is 2.34. The second-order valence-corrected chi connectivity index (χ2v) is 11.8. The smallest absolute Gasteiger partial charge is 0.291 e. The van der Waals surface area contributed by atoms with Crippen molar-refractivity contribution in [2.45, 2.75) is 6.42 Å². The number of amides is 3. The largest absolute Gasteiger partial charge is 0.494 e. The molecule has 3 fully saturated rings. The lowest BCUT2D eigenvalue weighted by molar-refractivity contribution is -0.134. The highest BCUT2D eigenvalue weighted by Gasteiger charge is 2.44. The van der Waals surface area contributed by atoms with Gasteiger partial charge in [-0.15, -0.1) is 0 Å². The van der Waals surface area contributed by atoms with Crippen LogP contribution in [0.15, 0.2) is 36.5 Å². The monoisotopic (exact) mass is 658 g/mol. The summed E-state index contributed by atoms with van der Waals surface area (Å²) in [6.07, 6.45) is 2.15. The van der Waals surface area contributed by atoms with E-state index >= 15 is 0 Å². The summed E-state index contributed by atoms with van der Waals surface area (Å²) >= 11 is 6.50. The summed E-state index contributed by atoms with van der Waals surface area (Å²) in [5.41, 5.74) is 0.781. The predicted octanol–water partition coefficient (Wildman–Crippen LogP) is 3.12. The van der Waals surface area contributed by atoms with Gasteiger partial charge in [-0.25, -0.2) is 9.37 Å². The number of ether oxygens (including phenoxy) is 1. The number of hydrogen-bond donors (Lipinski definition) is 3. The number of carbonyl (C=O) groups excluding carboxylic acids is 3. The number of carboxylic acid groups (broad SMARTS) is 1. The zero-order valence-electron chi connectivity index (χ0n) is 25.1. The van der Waals surface area contributed by atoms with Gasteiger partial charge in [-0.3, -0.25) is 19.2 Å². The van der Waals surface area contributed by atoms with Crippen LogP contribution in [0, 0.1) is 29.4 Å². The van der Waals surface area contributed by atoms with Gasteiger partial charge in [0, 0.05) is 62.9 Å². The molecule has 3 aromatic rings. The zero-order chi connectivity index (χ0) is 33.1. The molecule has 3 amide bonds. The van der Waals surface area contributed by atoms with Crippen LogP contribution in [-0.4, -0.2) is 95.0 Å². The fourth-order valence-corrected chi connectivity index (χ4v) is 6.61. The SMILES string of the molecule is COc1ccc(-c2cnc(C(=O)Nc3ccc(C(=O)N4C[C@@H]5CN(C(=O)[C@@H]6CCNC6)C[C@@H]5C4)c(Cl)c3)n2C)c(F)c1F.O=CO. The number of fused-ring (bicyclic) bond motifs is 1. The Morgan fingerprint density at radius 1 is 1.09 bits per heavy atom. The van der Waals surface area contributed by atoms with E-state index in [2.05, 4.69) is 15.6 Å². The number of hydrogen-bond acceptors (Lipinski definition) is 7. The van der Waals surface area contributed by atoms with E-state index in [9.17, 15) is 23.2 Å². The zero-order valence-corrected chi connectivity index (χ0v) is 25.9. The molecule has 3 aliphatic rings. The molecular formula is C31H33ClF2N6O6. The third-order valence-corrected chi connectivity index (χ3v) is 9.00. The van der Waals surface area contributed by atoms with Gasteiger partial charge in [0.15, 0.2) is 17.4 Å². The topological polar surface area (TPSA) is 146 Å². The van der Waals surface area contributed by atoms with Crippen molar-refractivity contribution in [1.29, 1.82) is 0 Å². The number of aromatic nitrogens is 2. The summed E-state index contributed by atoms with van der Waals surface area (Å²) in [5.74, 6) is -2.58. The molecule has 0 bridgehead atoms. The van der Waals surface area contributed by atoms with Gasteiger partial charge in [-0.1, -0.05) is 11.6 Å². The average Bonchev–Trinajstić information content (AvgIpc) is 3.83. The number of halogens is 3. The number of imidazole rings is 1. The van der Waals surface area contributed by atoms with Gasteiger partial charge in [0.25, 0.3) is 18.3 Å². The molecule has 3 N–H and O–H groups in total. The lowest BCUT2D eigenvalue weighted by atomic mass is 10.0. The van der Waals surface area contributed by atoms with E-state index in [1.807, 2.05) is 4.90 Å². The van der Waals surface area contributed by atoms with Crippen LogP contribution in [0.25, 0.3) is 11.3 Å². The third kappa shape index (κ3) is 6.40. The highest BCUT2D eigenvalue weighted by atomic mass is 35.5. The van der Waals surface area contributed by atoms with Crippen LogP contribution >= 0.6 is 11.6 Å². The van der Waals surface area contributed by atoms with Crippen molar-refractivity contribution < 1.29 is 37.8 Å². The van der Waals surface area contributed by atoms with Gasteiger partial charge in [0.2, 0.25) is 11.7 Å². The van der Waals surface area contributed by atoms with Gasteiger partial charge in [0.1, 0.15) is 0 Å². The van der Waals surface area contributed by atoms with E-state index < -0.39 is 17.5 Å². The van der Waals surface area contributed by atoms with Gasteiger partial charge in [-0.05, 0) is 43.3 Å². The maximum atomic E-state index is 14.6. The maximum Gasteiger partial charge on any atom is 0.291 e. The molecular weight excluding hydrogens is 626 g/mol. The molecule has 15 heteroatoms. The lowest BCUT2D eigenvalue weighted by Crippen LogP contribution is -2.39. The van der Waals surface area contributed by atoms with Gasteiger partial charge in [0.05, 0.1) is 35.5 Å². The molecule has 0 spiro atoms. The van der Waals surface area contributed by atoms with Crippen LogP contribution in [-0.2, 0) is 16.6 Å².